The third-order valence-corrected chi connectivity index (χ3v) is 4.72. The van der Waals surface area contributed by atoms with Crippen LogP contribution < -0.4 is 14.4 Å². The van der Waals surface area contributed by atoms with Gasteiger partial charge in [0, 0.05) is 5.02 Å². The van der Waals surface area contributed by atoms with E-state index in [0.29, 0.717) is 22.1 Å². The van der Waals surface area contributed by atoms with Crippen LogP contribution in [0.25, 0.3) is 0 Å². The summed E-state index contributed by atoms with van der Waals surface area (Å²) in [6.07, 6.45) is 0.986. The Morgan fingerprint density at radius 1 is 1.15 bits per heavy atom. The molecular weight excluding hydrogens is 376 g/mol. The molecule has 0 saturated heterocycles. The fourth-order valence-corrected chi connectivity index (χ4v) is 3.24. The van der Waals surface area contributed by atoms with Gasteiger partial charge in [-0.25, -0.2) is 8.42 Å². The zero-order chi connectivity index (χ0) is 19.3. The van der Waals surface area contributed by atoms with Crippen LogP contribution in [-0.4, -0.2) is 33.2 Å². The molecule has 2 rings (SSSR count). The Morgan fingerprint density at radius 2 is 1.77 bits per heavy atom. The van der Waals surface area contributed by atoms with E-state index >= 15 is 0 Å². The van der Waals surface area contributed by atoms with Crippen LogP contribution in [0, 0.1) is 0 Å². The van der Waals surface area contributed by atoms with Gasteiger partial charge in [0.25, 0.3) is 0 Å². The fraction of sp³-hybridized carbons (Fsp3) is 0.278. The number of hydrogen-bond acceptors (Lipinski definition) is 4. The molecule has 0 radical (unpaired) electrons. The minimum Gasteiger partial charge on any atom is -0.489 e. The van der Waals surface area contributed by atoms with Crippen LogP contribution in [0.2, 0.25) is 5.02 Å². The second kappa shape index (κ2) is 8.42. The number of hydrogen-bond donors (Lipinski definition) is 1. The van der Waals surface area contributed by atoms with Gasteiger partial charge < -0.3 is 10.1 Å². The molecule has 8 heteroatoms. The Morgan fingerprint density at radius 3 is 2.35 bits per heavy atom. The Labute approximate surface area is 158 Å². The van der Waals surface area contributed by atoms with Crippen molar-refractivity contribution >= 4 is 38.9 Å². The molecular formula is C18H21ClN2O4S. The van der Waals surface area contributed by atoms with Crippen LogP contribution in [0.4, 0.5) is 11.4 Å². The molecule has 1 amide bonds. The number of amides is 1. The van der Waals surface area contributed by atoms with E-state index in [0.717, 1.165) is 10.6 Å². The van der Waals surface area contributed by atoms with Crippen molar-refractivity contribution in [2.75, 3.05) is 22.4 Å². The first-order chi connectivity index (χ1) is 12.2. The highest BCUT2D eigenvalue weighted by Gasteiger charge is 2.21. The minimum atomic E-state index is -3.65. The highest BCUT2D eigenvalue weighted by molar-refractivity contribution is 7.92. The van der Waals surface area contributed by atoms with Gasteiger partial charge in [-0.05, 0) is 50.2 Å². The number of nitrogens with one attached hydrogen (secondary N) is 1. The first-order valence-corrected chi connectivity index (χ1v) is 10.2. The predicted octanol–water partition coefficient (Wildman–Crippen LogP) is 3.53. The smallest absolute Gasteiger partial charge is 0.245 e. The molecule has 140 valence electrons. The highest BCUT2D eigenvalue weighted by atomic mass is 35.5. The summed E-state index contributed by atoms with van der Waals surface area (Å²) in [5.74, 6) is 0.0402. The average molecular weight is 397 g/mol. The van der Waals surface area contributed by atoms with E-state index in [2.05, 4.69) is 5.32 Å². The predicted molar refractivity (Wildman–Crippen MR) is 104 cm³/mol. The summed E-state index contributed by atoms with van der Waals surface area (Å²) in [7, 11) is -3.65. The number of rotatable bonds is 7. The van der Waals surface area contributed by atoms with Gasteiger partial charge in [-0.3, -0.25) is 9.10 Å². The highest BCUT2D eigenvalue weighted by Crippen LogP contribution is 2.25. The normalized spacial score (nSPS) is 11.3. The molecule has 0 aliphatic rings. The number of benzene rings is 2. The first kappa shape index (κ1) is 20.1. The lowest BCUT2D eigenvalue weighted by molar-refractivity contribution is -0.114. The molecule has 26 heavy (non-hydrogen) atoms. The number of carbonyl (C=O) groups excluding carboxylic acids is 1. The first-order valence-electron chi connectivity index (χ1n) is 7.95. The zero-order valence-corrected chi connectivity index (χ0v) is 16.3. The van der Waals surface area contributed by atoms with E-state index in [1.807, 2.05) is 13.8 Å². The maximum absolute atomic E-state index is 12.4. The largest absolute Gasteiger partial charge is 0.489 e. The van der Waals surface area contributed by atoms with Crippen molar-refractivity contribution in [1.29, 1.82) is 0 Å². The summed E-state index contributed by atoms with van der Waals surface area (Å²) in [5.41, 5.74) is 0.842. The number of halogens is 1. The maximum Gasteiger partial charge on any atom is 0.245 e. The van der Waals surface area contributed by atoms with Crippen molar-refractivity contribution in [3.63, 3.8) is 0 Å². The number of sulfonamides is 1. The lowest BCUT2D eigenvalue weighted by Crippen LogP contribution is -2.37. The molecule has 0 fully saturated rings. The van der Waals surface area contributed by atoms with Gasteiger partial charge in [0.05, 0.1) is 23.7 Å². The van der Waals surface area contributed by atoms with Gasteiger partial charge in [-0.2, -0.15) is 0 Å². The third-order valence-electron chi connectivity index (χ3n) is 3.33. The van der Waals surface area contributed by atoms with Crippen molar-refractivity contribution in [3.05, 3.63) is 53.6 Å². The van der Waals surface area contributed by atoms with Gasteiger partial charge in [-0.1, -0.05) is 23.7 Å². The zero-order valence-electron chi connectivity index (χ0n) is 14.8. The molecule has 0 aromatic heterocycles. The Hall–Kier alpha value is -2.25. The Balaban J connectivity index is 2.20. The lowest BCUT2D eigenvalue weighted by atomic mass is 10.2. The SMILES string of the molecule is CC(C)Oc1ccccc1NC(=O)CN(c1ccc(Cl)cc1)S(C)(=O)=O. The van der Waals surface area contributed by atoms with Gasteiger partial charge in [-0.15, -0.1) is 0 Å². The maximum atomic E-state index is 12.4. The number of anilines is 2. The van der Waals surface area contributed by atoms with Gasteiger partial charge >= 0.3 is 0 Å². The third kappa shape index (κ3) is 5.64. The minimum absolute atomic E-state index is 0.0605. The van der Waals surface area contributed by atoms with Gasteiger partial charge in [0.1, 0.15) is 12.3 Å². The Kier molecular flexibility index (Phi) is 6.50. The summed E-state index contributed by atoms with van der Waals surface area (Å²) in [4.78, 5) is 12.4. The fourth-order valence-electron chi connectivity index (χ4n) is 2.25. The molecule has 0 aliphatic carbocycles. The summed E-state index contributed by atoms with van der Waals surface area (Å²) < 4.78 is 30.9. The monoisotopic (exact) mass is 396 g/mol. The van der Waals surface area contributed by atoms with Crippen LogP contribution >= 0.6 is 11.6 Å². The molecule has 0 atom stereocenters. The molecule has 2 aromatic rings. The van der Waals surface area contributed by atoms with Crippen LogP contribution in [0.3, 0.4) is 0 Å². The summed E-state index contributed by atoms with van der Waals surface area (Å²) >= 11 is 5.84. The molecule has 2 aromatic carbocycles. The topological polar surface area (TPSA) is 75.7 Å². The number of ether oxygens (including phenoxy) is 1. The summed E-state index contributed by atoms with van der Waals surface area (Å²) in [6.45, 7) is 3.39. The van der Waals surface area contributed by atoms with E-state index in [1.165, 1.54) is 0 Å². The summed E-state index contributed by atoms with van der Waals surface area (Å²) in [6, 6.07) is 13.2. The standard InChI is InChI=1S/C18H21ClN2O4S/c1-13(2)25-17-7-5-4-6-16(17)20-18(22)12-21(26(3,23)24)15-10-8-14(19)9-11-15/h4-11,13H,12H2,1-3H3,(H,20,22). The van der Waals surface area contributed by atoms with Crippen LogP contribution in [0.1, 0.15) is 13.8 Å². The van der Waals surface area contributed by atoms with E-state index in [9.17, 15) is 13.2 Å². The van der Waals surface area contributed by atoms with Crippen LogP contribution in [-0.2, 0) is 14.8 Å². The average Bonchev–Trinajstić information content (AvgIpc) is 2.54. The molecule has 0 unspecified atom stereocenters. The van der Waals surface area contributed by atoms with E-state index in [4.69, 9.17) is 16.3 Å². The number of nitrogens with zero attached hydrogens (tertiary/aromatic N) is 1. The summed E-state index contributed by atoms with van der Waals surface area (Å²) in [5, 5.41) is 3.18. The van der Waals surface area contributed by atoms with E-state index in [1.54, 1.807) is 48.5 Å². The molecule has 0 bridgehead atoms. The quantitative estimate of drug-likeness (QED) is 0.776. The van der Waals surface area contributed by atoms with Crippen molar-refractivity contribution in [2.45, 2.75) is 20.0 Å². The van der Waals surface area contributed by atoms with E-state index < -0.39 is 15.9 Å². The molecule has 0 spiro atoms. The lowest BCUT2D eigenvalue weighted by Gasteiger charge is -2.22. The Bertz CT molecular complexity index is 867. The van der Waals surface area contributed by atoms with E-state index in [-0.39, 0.29) is 12.6 Å². The molecule has 0 saturated carbocycles. The second-order valence-electron chi connectivity index (χ2n) is 5.96. The molecule has 1 N–H and O–H groups in total. The molecule has 6 nitrogen and oxygen atoms in total. The van der Waals surface area contributed by atoms with Crippen molar-refractivity contribution in [2.24, 2.45) is 0 Å². The second-order valence-corrected chi connectivity index (χ2v) is 8.30. The number of carbonyl (C=O) groups is 1. The van der Waals surface area contributed by atoms with Gasteiger partial charge in [0.15, 0.2) is 0 Å². The van der Waals surface area contributed by atoms with Crippen molar-refractivity contribution in [3.8, 4) is 5.75 Å². The number of para-hydroxylation sites is 2. The van der Waals surface area contributed by atoms with Crippen LogP contribution in [0.5, 0.6) is 5.75 Å². The molecule has 0 heterocycles. The van der Waals surface area contributed by atoms with Gasteiger partial charge in [0.2, 0.25) is 15.9 Å². The van der Waals surface area contributed by atoms with Crippen LogP contribution in [0.15, 0.2) is 48.5 Å². The van der Waals surface area contributed by atoms with Crippen molar-refractivity contribution < 1.29 is 17.9 Å². The van der Waals surface area contributed by atoms with Crippen molar-refractivity contribution in [1.82, 2.24) is 0 Å². The molecule has 0 aliphatic heterocycles.